The van der Waals surface area contributed by atoms with Gasteiger partial charge in [-0.25, -0.2) is 4.68 Å². The molecule has 0 fully saturated rings. The zero-order valence-electron chi connectivity index (χ0n) is 12.8. The SMILES string of the molecule is CCn1nnc2ccc(-c3noc(-c4cccc(C#N)c4)n3)cc21. The number of nitrogens with zero attached hydrogens (tertiary/aromatic N) is 6. The molecular formula is C17H12N6O. The Hall–Kier alpha value is -3.53. The number of hydrogen-bond donors (Lipinski definition) is 0. The Balaban J connectivity index is 1.75. The first-order valence-electron chi connectivity index (χ1n) is 7.46. The summed E-state index contributed by atoms with van der Waals surface area (Å²) in [5.74, 6) is 0.863. The maximum absolute atomic E-state index is 8.99. The van der Waals surface area contributed by atoms with Crippen LogP contribution in [0.1, 0.15) is 12.5 Å². The molecule has 0 N–H and O–H groups in total. The lowest BCUT2D eigenvalue weighted by Crippen LogP contribution is -1.96. The first-order chi connectivity index (χ1) is 11.8. The molecule has 0 bridgehead atoms. The van der Waals surface area contributed by atoms with E-state index in [0.717, 1.165) is 23.1 Å². The third-order valence-corrected chi connectivity index (χ3v) is 3.74. The minimum Gasteiger partial charge on any atom is -0.334 e. The number of benzene rings is 2. The van der Waals surface area contributed by atoms with Crippen molar-refractivity contribution < 1.29 is 4.52 Å². The van der Waals surface area contributed by atoms with Gasteiger partial charge in [0, 0.05) is 17.7 Å². The lowest BCUT2D eigenvalue weighted by Gasteiger charge is -1.98. The van der Waals surface area contributed by atoms with Gasteiger partial charge in [-0.15, -0.1) is 5.10 Å². The maximum atomic E-state index is 8.99. The summed E-state index contributed by atoms with van der Waals surface area (Å²) in [4.78, 5) is 4.44. The standard InChI is InChI=1S/C17H12N6O/c1-2-23-15-9-12(6-7-14(15)20-22-23)16-19-17(24-21-16)13-5-3-4-11(8-13)10-18/h3-9H,2H2,1H3. The molecule has 2 aromatic heterocycles. The maximum Gasteiger partial charge on any atom is 0.258 e. The van der Waals surface area contributed by atoms with Crippen molar-refractivity contribution in [2.24, 2.45) is 0 Å². The predicted octanol–water partition coefficient (Wildman–Crippen LogP) is 3.04. The van der Waals surface area contributed by atoms with Crippen LogP contribution in [-0.4, -0.2) is 25.1 Å². The van der Waals surface area contributed by atoms with Gasteiger partial charge < -0.3 is 4.52 Å². The van der Waals surface area contributed by atoms with Crippen LogP contribution >= 0.6 is 0 Å². The molecule has 0 unspecified atom stereocenters. The van der Waals surface area contributed by atoms with Crippen LogP contribution in [-0.2, 0) is 6.54 Å². The van der Waals surface area contributed by atoms with Gasteiger partial charge in [0.15, 0.2) is 0 Å². The van der Waals surface area contributed by atoms with Crippen molar-refractivity contribution >= 4 is 11.0 Å². The molecule has 0 atom stereocenters. The summed E-state index contributed by atoms with van der Waals surface area (Å²) in [5.41, 5.74) is 3.84. The summed E-state index contributed by atoms with van der Waals surface area (Å²) in [5, 5.41) is 21.2. The molecule has 0 spiro atoms. The molecule has 0 saturated carbocycles. The van der Waals surface area contributed by atoms with Gasteiger partial charge in [0.1, 0.15) is 5.52 Å². The molecule has 0 saturated heterocycles. The van der Waals surface area contributed by atoms with E-state index in [9.17, 15) is 0 Å². The van der Waals surface area contributed by atoms with Crippen molar-refractivity contribution in [2.75, 3.05) is 0 Å². The minimum absolute atomic E-state index is 0.379. The molecule has 4 aromatic rings. The number of rotatable bonds is 3. The Morgan fingerprint density at radius 2 is 2.08 bits per heavy atom. The largest absolute Gasteiger partial charge is 0.334 e. The zero-order chi connectivity index (χ0) is 16.5. The molecule has 0 aliphatic carbocycles. The lowest BCUT2D eigenvalue weighted by atomic mass is 10.1. The van der Waals surface area contributed by atoms with E-state index in [-0.39, 0.29) is 0 Å². The van der Waals surface area contributed by atoms with E-state index < -0.39 is 0 Å². The summed E-state index contributed by atoms with van der Waals surface area (Å²) >= 11 is 0. The summed E-state index contributed by atoms with van der Waals surface area (Å²) in [6, 6.07) is 14.9. The van der Waals surface area contributed by atoms with Crippen LogP contribution in [0.25, 0.3) is 33.9 Å². The molecule has 2 heterocycles. The van der Waals surface area contributed by atoms with Crippen molar-refractivity contribution in [2.45, 2.75) is 13.5 Å². The highest BCUT2D eigenvalue weighted by Gasteiger charge is 2.13. The number of aryl methyl sites for hydroxylation is 1. The lowest BCUT2D eigenvalue weighted by molar-refractivity contribution is 0.432. The molecule has 0 amide bonds. The van der Waals surface area contributed by atoms with Crippen LogP contribution in [0.3, 0.4) is 0 Å². The fourth-order valence-corrected chi connectivity index (χ4v) is 2.52. The van der Waals surface area contributed by atoms with E-state index in [1.54, 1.807) is 18.2 Å². The van der Waals surface area contributed by atoms with Crippen molar-refractivity contribution in [1.29, 1.82) is 5.26 Å². The topological polar surface area (TPSA) is 93.4 Å². The molecular weight excluding hydrogens is 304 g/mol. The zero-order valence-corrected chi connectivity index (χ0v) is 12.8. The van der Waals surface area contributed by atoms with Gasteiger partial charge >= 0.3 is 0 Å². The third kappa shape index (κ3) is 2.30. The number of hydrogen-bond acceptors (Lipinski definition) is 6. The summed E-state index contributed by atoms with van der Waals surface area (Å²) < 4.78 is 7.16. The van der Waals surface area contributed by atoms with Crippen LogP contribution in [0, 0.1) is 11.3 Å². The number of nitriles is 1. The quantitative estimate of drug-likeness (QED) is 0.576. The highest BCUT2D eigenvalue weighted by molar-refractivity contribution is 5.80. The van der Waals surface area contributed by atoms with Crippen LogP contribution in [0.15, 0.2) is 47.0 Å². The smallest absolute Gasteiger partial charge is 0.258 e. The Bertz CT molecular complexity index is 1070. The monoisotopic (exact) mass is 316 g/mol. The van der Waals surface area contributed by atoms with Crippen LogP contribution in [0.4, 0.5) is 0 Å². The van der Waals surface area contributed by atoms with E-state index in [0.29, 0.717) is 22.8 Å². The fourth-order valence-electron chi connectivity index (χ4n) is 2.52. The van der Waals surface area contributed by atoms with Gasteiger partial charge in [0.2, 0.25) is 5.82 Å². The van der Waals surface area contributed by atoms with Crippen LogP contribution < -0.4 is 0 Å². The van der Waals surface area contributed by atoms with Crippen molar-refractivity contribution in [3.8, 4) is 28.9 Å². The molecule has 7 nitrogen and oxygen atoms in total. The highest BCUT2D eigenvalue weighted by Crippen LogP contribution is 2.25. The summed E-state index contributed by atoms with van der Waals surface area (Å²) in [6.07, 6.45) is 0. The molecule has 0 aliphatic rings. The number of fused-ring (bicyclic) bond motifs is 1. The second-order valence-electron chi connectivity index (χ2n) is 5.22. The fraction of sp³-hybridized carbons (Fsp3) is 0.118. The van der Waals surface area contributed by atoms with E-state index in [4.69, 9.17) is 9.78 Å². The first kappa shape index (κ1) is 14.1. The van der Waals surface area contributed by atoms with E-state index in [1.807, 2.05) is 35.9 Å². The van der Waals surface area contributed by atoms with Gasteiger partial charge in [-0.3, -0.25) is 0 Å². The van der Waals surface area contributed by atoms with Crippen molar-refractivity contribution in [3.05, 3.63) is 48.0 Å². The molecule has 24 heavy (non-hydrogen) atoms. The van der Waals surface area contributed by atoms with Crippen LogP contribution in [0.2, 0.25) is 0 Å². The minimum atomic E-state index is 0.379. The van der Waals surface area contributed by atoms with Gasteiger partial charge in [0.25, 0.3) is 5.89 Å². The summed E-state index contributed by atoms with van der Waals surface area (Å²) in [7, 11) is 0. The average molecular weight is 316 g/mol. The Kier molecular flexibility index (Phi) is 3.28. The highest BCUT2D eigenvalue weighted by atomic mass is 16.5. The molecule has 116 valence electrons. The second-order valence-corrected chi connectivity index (χ2v) is 5.22. The Labute approximate surface area is 137 Å². The molecule has 0 radical (unpaired) electrons. The van der Waals surface area contributed by atoms with E-state index in [2.05, 4.69) is 26.5 Å². The molecule has 0 aliphatic heterocycles. The Morgan fingerprint density at radius 3 is 2.92 bits per heavy atom. The van der Waals surface area contributed by atoms with Crippen molar-refractivity contribution in [3.63, 3.8) is 0 Å². The van der Waals surface area contributed by atoms with Gasteiger partial charge in [0.05, 0.1) is 17.1 Å². The van der Waals surface area contributed by atoms with Gasteiger partial charge in [-0.2, -0.15) is 10.2 Å². The number of aromatic nitrogens is 5. The van der Waals surface area contributed by atoms with E-state index in [1.165, 1.54) is 0 Å². The Morgan fingerprint density at radius 1 is 1.17 bits per heavy atom. The third-order valence-electron chi connectivity index (χ3n) is 3.74. The molecule has 4 rings (SSSR count). The van der Waals surface area contributed by atoms with E-state index >= 15 is 0 Å². The van der Waals surface area contributed by atoms with Gasteiger partial charge in [-0.1, -0.05) is 16.4 Å². The van der Waals surface area contributed by atoms with Crippen molar-refractivity contribution in [1.82, 2.24) is 25.1 Å². The molecule has 7 heteroatoms. The van der Waals surface area contributed by atoms with Crippen LogP contribution in [0.5, 0.6) is 0 Å². The normalized spacial score (nSPS) is 10.8. The first-order valence-corrected chi connectivity index (χ1v) is 7.46. The average Bonchev–Trinajstić information content (AvgIpc) is 3.28. The predicted molar refractivity (Wildman–Crippen MR) is 86.6 cm³/mol. The second kappa shape index (κ2) is 5.59. The summed E-state index contributed by atoms with van der Waals surface area (Å²) in [6.45, 7) is 2.74. The molecule has 2 aromatic carbocycles. The van der Waals surface area contributed by atoms with Gasteiger partial charge in [-0.05, 0) is 43.3 Å².